The molecule has 148 valence electrons. The van der Waals surface area contributed by atoms with Crippen molar-refractivity contribution in [1.82, 2.24) is 15.5 Å². The molecule has 0 aliphatic carbocycles. The third-order valence-corrected chi connectivity index (χ3v) is 6.15. The van der Waals surface area contributed by atoms with Crippen molar-refractivity contribution >= 4 is 12.0 Å². The largest absolute Gasteiger partial charge is 0.465 e. The van der Waals surface area contributed by atoms with Crippen LogP contribution in [-0.2, 0) is 5.41 Å². The van der Waals surface area contributed by atoms with Crippen molar-refractivity contribution in [3.05, 3.63) is 35.4 Å². The van der Waals surface area contributed by atoms with Gasteiger partial charge in [0, 0.05) is 30.6 Å². The van der Waals surface area contributed by atoms with Gasteiger partial charge in [0.05, 0.1) is 6.61 Å². The van der Waals surface area contributed by atoms with E-state index in [1.807, 2.05) is 24.3 Å². The molecule has 1 aromatic carbocycles. The van der Waals surface area contributed by atoms with Crippen molar-refractivity contribution in [3.63, 3.8) is 0 Å². The molecule has 2 heterocycles. The summed E-state index contributed by atoms with van der Waals surface area (Å²) in [6.45, 7) is 3.01. The van der Waals surface area contributed by atoms with Gasteiger partial charge >= 0.3 is 6.09 Å². The minimum atomic E-state index is -0.872. The van der Waals surface area contributed by atoms with Crippen LogP contribution in [0, 0.1) is 5.92 Å². The Labute approximate surface area is 159 Å². The van der Waals surface area contributed by atoms with E-state index in [0.717, 1.165) is 44.3 Å². The minimum Gasteiger partial charge on any atom is -0.465 e. The summed E-state index contributed by atoms with van der Waals surface area (Å²) >= 11 is 0. The molecular weight excluding hydrogens is 346 g/mol. The Morgan fingerprint density at radius 3 is 2.48 bits per heavy atom. The lowest BCUT2D eigenvalue weighted by Gasteiger charge is -2.48. The summed E-state index contributed by atoms with van der Waals surface area (Å²) in [7, 11) is 0. The van der Waals surface area contributed by atoms with E-state index in [4.69, 9.17) is 5.11 Å². The van der Waals surface area contributed by atoms with Crippen molar-refractivity contribution in [2.75, 3.05) is 39.3 Å². The molecule has 2 aliphatic heterocycles. The SMILES string of the molecule is O=C(NCCO)c1ccccc1C1(C2CCNCC2)CCN(C(=O)O)CC1. The first-order valence-corrected chi connectivity index (χ1v) is 9.75. The lowest BCUT2D eigenvalue weighted by Crippen LogP contribution is -2.51. The fourth-order valence-electron chi connectivity index (χ4n) is 4.75. The van der Waals surface area contributed by atoms with Gasteiger partial charge in [0.1, 0.15) is 0 Å². The standard InChI is InChI=1S/C20H29N3O4/c24-14-11-22-18(25)16-3-1-2-4-17(16)20(15-5-9-21-10-6-15)7-12-23(13-8-20)19(26)27/h1-4,15,21,24H,5-14H2,(H,22,25)(H,26,27). The van der Waals surface area contributed by atoms with E-state index >= 15 is 0 Å². The molecule has 0 aromatic heterocycles. The molecule has 2 amide bonds. The Kier molecular flexibility index (Phi) is 6.34. The Bertz CT molecular complexity index is 665. The van der Waals surface area contributed by atoms with Crippen LogP contribution in [0.1, 0.15) is 41.6 Å². The van der Waals surface area contributed by atoms with Crippen LogP contribution >= 0.6 is 0 Å². The number of hydrogen-bond acceptors (Lipinski definition) is 4. The summed E-state index contributed by atoms with van der Waals surface area (Å²) in [6.07, 6.45) is 2.64. The molecule has 7 heteroatoms. The quantitative estimate of drug-likeness (QED) is 0.623. The molecule has 0 unspecified atom stereocenters. The Balaban J connectivity index is 1.96. The van der Waals surface area contributed by atoms with Crippen LogP contribution in [-0.4, -0.2) is 66.4 Å². The van der Waals surface area contributed by atoms with E-state index in [-0.39, 0.29) is 24.5 Å². The lowest BCUT2D eigenvalue weighted by molar-refractivity contribution is 0.0825. The van der Waals surface area contributed by atoms with Crippen molar-refractivity contribution in [1.29, 1.82) is 0 Å². The molecular formula is C20H29N3O4. The first-order valence-electron chi connectivity index (χ1n) is 9.75. The summed E-state index contributed by atoms with van der Waals surface area (Å²) in [6, 6.07) is 7.70. The zero-order chi connectivity index (χ0) is 19.3. The van der Waals surface area contributed by atoms with Gasteiger partial charge in [-0.25, -0.2) is 4.79 Å². The van der Waals surface area contributed by atoms with Crippen molar-refractivity contribution < 1.29 is 19.8 Å². The monoisotopic (exact) mass is 375 g/mol. The van der Waals surface area contributed by atoms with Crippen LogP contribution < -0.4 is 10.6 Å². The number of likely N-dealkylation sites (tertiary alicyclic amines) is 1. The number of aliphatic hydroxyl groups excluding tert-OH is 1. The lowest BCUT2D eigenvalue weighted by atomic mass is 9.61. The number of nitrogens with zero attached hydrogens (tertiary/aromatic N) is 1. The molecule has 0 atom stereocenters. The van der Waals surface area contributed by atoms with Crippen molar-refractivity contribution in [2.45, 2.75) is 31.1 Å². The third-order valence-electron chi connectivity index (χ3n) is 6.15. The highest BCUT2D eigenvalue weighted by atomic mass is 16.4. The predicted octanol–water partition coefficient (Wildman–Crippen LogP) is 1.42. The molecule has 3 rings (SSSR count). The average Bonchev–Trinajstić information content (AvgIpc) is 2.72. The zero-order valence-electron chi connectivity index (χ0n) is 15.6. The minimum absolute atomic E-state index is 0.0963. The number of nitrogens with one attached hydrogen (secondary N) is 2. The highest BCUT2D eigenvalue weighted by Gasteiger charge is 2.45. The number of hydrogen-bond donors (Lipinski definition) is 4. The molecule has 2 fully saturated rings. The van der Waals surface area contributed by atoms with E-state index in [9.17, 15) is 14.7 Å². The Hall–Kier alpha value is -2.12. The fraction of sp³-hybridized carbons (Fsp3) is 0.600. The maximum Gasteiger partial charge on any atom is 0.407 e. The second kappa shape index (κ2) is 8.71. The molecule has 4 N–H and O–H groups in total. The van der Waals surface area contributed by atoms with Gasteiger partial charge in [-0.3, -0.25) is 4.79 Å². The number of amides is 2. The van der Waals surface area contributed by atoms with Crippen LogP contribution in [0.2, 0.25) is 0 Å². The van der Waals surface area contributed by atoms with E-state index in [1.165, 1.54) is 4.90 Å². The highest BCUT2D eigenvalue weighted by molar-refractivity contribution is 5.96. The maximum absolute atomic E-state index is 12.7. The van der Waals surface area contributed by atoms with Gasteiger partial charge in [-0.15, -0.1) is 0 Å². The number of carboxylic acid groups (broad SMARTS) is 1. The summed E-state index contributed by atoms with van der Waals surface area (Å²) in [5, 5.41) is 24.6. The zero-order valence-corrected chi connectivity index (χ0v) is 15.6. The predicted molar refractivity (Wildman–Crippen MR) is 102 cm³/mol. The molecule has 7 nitrogen and oxygen atoms in total. The molecule has 27 heavy (non-hydrogen) atoms. The Morgan fingerprint density at radius 2 is 1.85 bits per heavy atom. The van der Waals surface area contributed by atoms with Gasteiger partial charge in [-0.2, -0.15) is 0 Å². The third kappa shape index (κ3) is 4.09. The molecule has 0 bridgehead atoms. The summed E-state index contributed by atoms with van der Waals surface area (Å²) in [5.74, 6) is 0.245. The van der Waals surface area contributed by atoms with E-state index in [2.05, 4.69) is 10.6 Å². The number of carbonyl (C=O) groups excluding carboxylic acids is 1. The van der Waals surface area contributed by atoms with Crippen LogP contribution in [0.4, 0.5) is 4.79 Å². The fourth-order valence-corrected chi connectivity index (χ4v) is 4.75. The smallest absolute Gasteiger partial charge is 0.407 e. The first-order chi connectivity index (χ1) is 13.1. The molecule has 2 aliphatic rings. The normalized spacial score (nSPS) is 20.3. The second-order valence-electron chi connectivity index (χ2n) is 7.48. The number of rotatable bonds is 5. The maximum atomic E-state index is 12.7. The molecule has 0 radical (unpaired) electrons. The number of carbonyl (C=O) groups is 2. The molecule has 2 saturated heterocycles. The average molecular weight is 375 g/mol. The summed E-state index contributed by atoms with van der Waals surface area (Å²) in [5.41, 5.74) is 1.48. The number of piperidine rings is 2. The van der Waals surface area contributed by atoms with Crippen molar-refractivity contribution in [2.24, 2.45) is 5.92 Å². The van der Waals surface area contributed by atoms with Gasteiger partial charge in [0.2, 0.25) is 0 Å². The van der Waals surface area contributed by atoms with Gasteiger partial charge in [-0.1, -0.05) is 18.2 Å². The van der Waals surface area contributed by atoms with E-state index in [1.54, 1.807) is 0 Å². The van der Waals surface area contributed by atoms with E-state index < -0.39 is 6.09 Å². The summed E-state index contributed by atoms with van der Waals surface area (Å²) in [4.78, 5) is 25.6. The van der Waals surface area contributed by atoms with Crippen LogP contribution in [0.15, 0.2) is 24.3 Å². The Morgan fingerprint density at radius 1 is 1.19 bits per heavy atom. The molecule has 0 saturated carbocycles. The first kappa shape index (κ1) is 19.6. The van der Waals surface area contributed by atoms with Gasteiger partial charge < -0.3 is 25.7 Å². The van der Waals surface area contributed by atoms with Crippen LogP contribution in [0.5, 0.6) is 0 Å². The van der Waals surface area contributed by atoms with Crippen molar-refractivity contribution in [3.8, 4) is 0 Å². The van der Waals surface area contributed by atoms with Crippen LogP contribution in [0.3, 0.4) is 0 Å². The van der Waals surface area contributed by atoms with Gasteiger partial charge in [0.15, 0.2) is 0 Å². The van der Waals surface area contributed by atoms with E-state index in [0.29, 0.717) is 24.6 Å². The topological polar surface area (TPSA) is 102 Å². The molecule has 1 aromatic rings. The number of benzene rings is 1. The van der Waals surface area contributed by atoms with Gasteiger partial charge in [-0.05, 0) is 56.3 Å². The van der Waals surface area contributed by atoms with Crippen LogP contribution in [0.25, 0.3) is 0 Å². The second-order valence-corrected chi connectivity index (χ2v) is 7.48. The summed E-state index contributed by atoms with van der Waals surface area (Å²) < 4.78 is 0. The highest BCUT2D eigenvalue weighted by Crippen LogP contribution is 2.46. The van der Waals surface area contributed by atoms with Gasteiger partial charge in [0.25, 0.3) is 5.91 Å². The molecule has 0 spiro atoms. The number of aliphatic hydroxyl groups is 1.